The van der Waals surface area contributed by atoms with Gasteiger partial charge in [-0.2, -0.15) is 0 Å². The van der Waals surface area contributed by atoms with Gasteiger partial charge >= 0.3 is 6.09 Å². The fourth-order valence-corrected chi connectivity index (χ4v) is 1.98. The van der Waals surface area contributed by atoms with Gasteiger partial charge in [-0.3, -0.25) is 4.90 Å². The minimum absolute atomic E-state index is 0.391. The molecule has 0 aliphatic carbocycles. The predicted molar refractivity (Wildman–Crippen MR) is 56.1 cm³/mol. The molecule has 4 heteroatoms. The summed E-state index contributed by atoms with van der Waals surface area (Å²) in [6.07, 6.45) is -1.13. The summed E-state index contributed by atoms with van der Waals surface area (Å²) in [7, 11) is 0. The summed E-state index contributed by atoms with van der Waals surface area (Å²) in [5.74, 6) is 0. The molecule has 1 heterocycles. The van der Waals surface area contributed by atoms with Gasteiger partial charge in [0.25, 0.3) is 0 Å². The van der Waals surface area contributed by atoms with E-state index in [1.165, 1.54) is 4.90 Å². The van der Waals surface area contributed by atoms with E-state index in [-0.39, 0.29) is 0 Å². The van der Waals surface area contributed by atoms with Crippen molar-refractivity contribution < 1.29 is 15.0 Å². The summed E-state index contributed by atoms with van der Waals surface area (Å²) in [6.45, 7) is 1.72. The van der Waals surface area contributed by atoms with Crippen LogP contribution in [0.2, 0.25) is 0 Å². The molecule has 80 valence electrons. The van der Waals surface area contributed by atoms with Crippen LogP contribution in [0.3, 0.4) is 0 Å². The van der Waals surface area contributed by atoms with Crippen molar-refractivity contribution in [2.24, 2.45) is 0 Å². The average molecular weight is 207 g/mol. The van der Waals surface area contributed by atoms with E-state index in [2.05, 4.69) is 0 Å². The number of hydrogen-bond acceptors (Lipinski definition) is 2. The van der Waals surface area contributed by atoms with Crippen molar-refractivity contribution in [1.29, 1.82) is 0 Å². The molecule has 1 aliphatic heterocycles. The van der Waals surface area contributed by atoms with Crippen LogP contribution >= 0.6 is 0 Å². The number of aliphatic hydroxyl groups is 1. The lowest BCUT2D eigenvalue weighted by molar-refractivity contribution is 0.133. The number of carboxylic acid groups (broad SMARTS) is 1. The number of fused-ring (bicyclic) bond motifs is 1. The van der Waals surface area contributed by atoms with Crippen LogP contribution in [0.25, 0.3) is 0 Å². The van der Waals surface area contributed by atoms with E-state index >= 15 is 0 Å². The Bertz CT molecular complexity index is 391. The highest BCUT2D eigenvalue weighted by atomic mass is 16.4. The molecule has 1 aliphatic rings. The molecule has 0 radical (unpaired) electrons. The minimum Gasteiger partial charge on any atom is -0.465 e. The normalized spacial score (nSPS) is 24.8. The molecule has 0 saturated carbocycles. The van der Waals surface area contributed by atoms with Crippen molar-refractivity contribution in [2.75, 3.05) is 4.90 Å². The molecular formula is C11H13NO3. The van der Waals surface area contributed by atoms with Gasteiger partial charge in [-0.1, -0.05) is 18.2 Å². The Morgan fingerprint density at radius 2 is 2.13 bits per heavy atom. The number of hydrogen-bond donors (Lipinski definition) is 2. The van der Waals surface area contributed by atoms with Crippen molar-refractivity contribution in [3.63, 3.8) is 0 Å². The van der Waals surface area contributed by atoms with E-state index in [1.54, 1.807) is 19.1 Å². The quantitative estimate of drug-likeness (QED) is 0.677. The Morgan fingerprint density at radius 3 is 2.80 bits per heavy atom. The standard InChI is InChI=1S/C11H13NO3/c1-7-10(13)6-8-4-2-3-5-9(8)12(7)11(14)15/h2-5,7,10,13H,6H2,1H3,(H,14,15)/t7-,10+/m0/s1. The molecule has 1 aromatic carbocycles. The van der Waals surface area contributed by atoms with Gasteiger partial charge in [-0.15, -0.1) is 0 Å². The molecule has 0 saturated heterocycles. The molecule has 0 unspecified atom stereocenters. The molecule has 4 nitrogen and oxygen atoms in total. The lowest BCUT2D eigenvalue weighted by Crippen LogP contribution is -2.49. The van der Waals surface area contributed by atoms with Gasteiger partial charge in [0.15, 0.2) is 0 Å². The number of benzene rings is 1. The largest absolute Gasteiger partial charge is 0.465 e. The van der Waals surface area contributed by atoms with E-state index in [0.717, 1.165) is 5.56 Å². The van der Waals surface area contributed by atoms with Crippen LogP contribution in [0, 0.1) is 0 Å². The Labute approximate surface area is 87.8 Å². The van der Waals surface area contributed by atoms with Crippen LogP contribution in [0.5, 0.6) is 0 Å². The third-order valence-corrected chi connectivity index (χ3v) is 2.85. The zero-order valence-corrected chi connectivity index (χ0v) is 8.42. The molecule has 2 atom stereocenters. The molecule has 1 aromatic rings. The summed E-state index contributed by atoms with van der Waals surface area (Å²) in [5, 5.41) is 18.8. The fourth-order valence-electron chi connectivity index (χ4n) is 1.98. The van der Waals surface area contributed by atoms with Crippen LogP contribution < -0.4 is 4.90 Å². The second-order valence-corrected chi connectivity index (χ2v) is 3.79. The number of nitrogens with zero attached hydrogens (tertiary/aromatic N) is 1. The van der Waals surface area contributed by atoms with Gasteiger partial charge < -0.3 is 10.2 Å². The fraction of sp³-hybridized carbons (Fsp3) is 0.364. The summed E-state index contributed by atoms with van der Waals surface area (Å²) in [6, 6.07) is 6.88. The molecular weight excluding hydrogens is 194 g/mol. The number of rotatable bonds is 0. The monoisotopic (exact) mass is 207 g/mol. The summed E-state index contributed by atoms with van der Waals surface area (Å²) < 4.78 is 0. The third-order valence-electron chi connectivity index (χ3n) is 2.85. The van der Waals surface area contributed by atoms with Gasteiger partial charge in [0.2, 0.25) is 0 Å². The zero-order valence-electron chi connectivity index (χ0n) is 8.42. The Kier molecular flexibility index (Phi) is 2.36. The highest BCUT2D eigenvalue weighted by molar-refractivity contribution is 5.88. The molecule has 0 aromatic heterocycles. The second-order valence-electron chi connectivity index (χ2n) is 3.79. The van der Waals surface area contributed by atoms with Crippen LogP contribution in [0.15, 0.2) is 24.3 Å². The minimum atomic E-state index is -1.02. The van der Waals surface area contributed by atoms with Crippen LogP contribution in [0.1, 0.15) is 12.5 Å². The maximum Gasteiger partial charge on any atom is 0.412 e. The van der Waals surface area contributed by atoms with Crippen LogP contribution in [-0.2, 0) is 6.42 Å². The number of para-hydroxylation sites is 1. The first-order chi connectivity index (χ1) is 7.11. The number of anilines is 1. The average Bonchev–Trinajstić information content (AvgIpc) is 2.19. The van der Waals surface area contributed by atoms with E-state index in [4.69, 9.17) is 5.11 Å². The highest BCUT2D eigenvalue weighted by Crippen LogP contribution is 2.30. The van der Waals surface area contributed by atoms with Gasteiger partial charge in [-0.25, -0.2) is 4.79 Å². The van der Waals surface area contributed by atoms with E-state index in [0.29, 0.717) is 12.1 Å². The first-order valence-corrected chi connectivity index (χ1v) is 4.89. The Morgan fingerprint density at radius 1 is 1.47 bits per heavy atom. The van der Waals surface area contributed by atoms with Crippen molar-refractivity contribution in [1.82, 2.24) is 0 Å². The number of aliphatic hydroxyl groups excluding tert-OH is 1. The van der Waals surface area contributed by atoms with E-state index in [1.807, 2.05) is 12.1 Å². The first-order valence-electron chi connectivity index (χ1n) is 4.89. The van der Waals surface area contributed by atoms with Crippen molar-refractivity contribution in [3.05, 3.63) is 29.8 Å². The molecule has 2 rings (SSSR count). The summed E-state index contributed by atoms with van der Waals surface area (Å²) in [4.78, 5) is 12.3. The molecule has 0 fully saturated rings. The second kappa shape index (κ2) is 3.55. The van der Waals surface area contributed by atoms with Gasteiger partial charge in [0, 0.05) is 6.42 Å². The van der Waals surface area contributed by atoms with Crippen molar-refractivity contribution >= 4 is 11.8 Å². The lowest BCUT2D eigenvalue weighted by atomic mass is 9.94. The van der Waals surface area contributed by atoms with Crippen molar-refractivity contribution in [2.45, 2.75) is 25.5 Å². The SMILES string of the molecule is C[C@H]1[C@H](O)Cc2ccccc2N1C(=O)O. The number of amides is 1. The zero-order chi connectivity index (χ0) is 11.0. The topological polar surface area (TPSA) is 60.8 Å². The smallest absolute Gasteiger partial charge is 0.412 e. The number of carbonyl (C=O) groups is 1. The molecule has 0 spiro atoms. The van der Waals surface area contributed by atoms with Gasteiger partial charge in [-0.05, 0) is 18.6 Å². The summed E-state index contributed by atoms with van der Waals surface area (Å²) in [5.41, 5.74) is 1.56. The van der Waals surface area contributed by atoms with Crippen LogP contribution in [-0.4, -0.2) is 28.5 Å². The van der Waals surface area contributed by atoms with E-state index in [9.17, 15) is 9.90 Å². The van der Waals surface area contributed by atoms with E-state index < -0.39 is 18.2 Å². The lowest BCUT2D eigenvalue weighted by Gasteiger charge is -2.36. The highest BCUT2D eigenvalue weighted by Gasteiger charge is 2.33. The third kappa shape index (κ3) is 1.57. The summed E-state index contributed by atoms with van der Waals surface area (Å²) >= 11 is 0. The van der Waals surface area contributed by atoms with Gasteiger partial charge in [0.1, 0.15) is 0 Å². The van der Waals surface area contributed by atoms with Gasteiger partial charge in [0.05, 0.1) is 17.8 Å². The molecule has 15 heavy (non-hydrogen) atoms. The Hall–Kier alpha value is -1.55. The molecule has 1 amide bonds. The Balaban J connectivity index is 2.49. The molecule has 2 N–H and O–H groups in total. The predicted octanol–water partition coefficient (Wildman–Crippen LogP) is 1.48. The maximum absolute atomic E-state index is 11.1. The van der Waals surface area contributed by atoms with Crippen molar-refractivity contribution in [3.8, 4) is 0 Å². The van der Waals surface area contributed by atoms with Crippen LogP contribution in [0.4, 0.5) is 10.5 Å². The maximum atomic E-state index is 11.1. The molecule has 0 bridgehead atoms. The first kappa shape index (κ1) is 9.98.